The van der Waals surface area contributed by atoms with Gasteiger partial charge in [0.15, 0.2) is 0 Å². The molecule has 0 aliphatic heterocycles. The number of rotatable bonds is 6. The monoisotopic (exact) mass is 366 g/mol. The van der Waals surface area contributed by atoms with E-state index < -0.39 is 0 Å². The zero-order valence-electron chi connectivity index (χ0n) is 17.2. The van der Waals surface area contributed by atoms with Gasteiger partial charge in [0.1, 0.15) is 0 Å². The van der Waals surface area contributed by atoms with E-state index in [9.17, 15) is 0 Å². The van der Waals surface area contributed by atoms with Gasteiger partial charge < -0.3 is 0 Å². The first-order valence-electron chi connectivity index (χ1n) is 10.5. The van der Waals surface area contributed by atoms with Crippen molar-refractivity contribution in [2.75, 3.05) is 0 Å². The lowest BCUT2D eigenvalue weighted by molar-refractivity contribution is 0.671. The highest BCUT2D eigenvalue weighted by molar-refractivity contribution is 5.64. The van der Waals surface area contributed by atoms with Crippen LogP contribution in [0.1, 0.15) is 53.5 Å². The van der Waals surface area contributed by atoms with Crippen LogP contribution in [0.25, 0.3) is 11.1 Å². The van der Waals surface area contributed by atoms with Crippen molar-refractivity contribution in [2.24, 2.45) is 0 Å². The molecule has 0 nitrogen and oxygen atoms in total. The largest absolute Gasteiger partial charge is 0.100 e. The Balaban J connectivity index is 1.45. The van der Waals surface area contributed by atoms with Crippen LogP contribution in [0.4, 0.5) is 0 Å². The fourth-order valence-corrected chi connectivity index (χ4v) is 4.49. The average Bonchev–Trinajstić information content (AvgIpc) is 3.08. The first-order valence-corrected chi connectivity index (χ1v) is 10.5. The van der Waals surface area contributed by atoms with Crippen LogP contribution >= 0.6 is 0 Å². The minimum Gasteiger partial charge on any atom is -0.100 e. The Morgan fingerprint density at radius 3 is 2.39 bits per heavy atom. The Bertz CT molecular complexity index is 975. The molecule has 3 aromatic rings. The van der Waals surface area contributed by atoms with Gasteiger partial charge in [0.05, 0.1) is 0 Å². The third-order valence-corrected chi connectivity index (χ3v) is 6.02. The molecule has 1 unspecified atom stereocenters. The second kappa shape index (κ2) is 8.19. The van der Waals surface area contributed by atoms with Crippen molar-refractivity contribution in [1.82, 2.24) is 0 Å². The fourth-order valence-electron chi connectivity index (χ4n) is 4.49. The summed E-state index contributed by atoms with van der Waals surface area (Å²) in [5, 5.41) is 0. The van der Waals surface area contributed by atoms with Gasteiger partial charge in [0.2, 0.25) is 0 Å². The Labute approximate surface area is 169 Å². The topological polar surface area (TPSA) is 0 Å². The molecule has 0 heterocycles. The molecule has 0 N–H and O–H groups in total. The predicted octanol–water partition coefficient (Wildman–Crippen LogP) is 7.44. The van der Waals surface area contributed by atoms with Gasteiger partial charge in [-0.15, -0.1) is 6.58 Å². The number of benzene rings is 3. The molecule has 4 rings (SSSR count). The zero-order valence-corrected chi connectivity index (χ0v) is 17.2. The molecule has 3 aromatic carbocycles. The molecular formula is C28H30. The predicted molar refractivity (Wildman–Crippen MR) is 121 cm³/mol. The van der Waals surface area contributed by atoms with E-state index in [4.69, 9.17) is 0 Å². The van der Waals surface area contributed by atoms with E-state index in [1.165, 1.54) is 46.2 Å². The van der Waals surface area contributed by atoms with Gasteiger partial charge in [-0.3, -0.25) is 0 Å². The summed E-state index contributed by atoms with van der Waals surface area (Å²) in [7, 11) is 0. The smallest absolute Gasteiger partial charge is 0.0119 e. The van der Waals surface area contributed by atoms with E-state index in [-0.39, 0.29) is 0 Å². The zero-order chi connectivity index (χ0) is 19.5. The van der Waals surface area contributed by atoms with Crippen molar-refractivity contribution < 1.29 is 0 Å². The van der Waals surface area contributed by atoms with Crippen LogP contribution in [0.3, 0.4) is 0 Å². The van der Waals surface area contributed by atoms with Gasteiger partial charge in [0, 0.05) is 0 Å². The number of hydrogen-bond donors (Lipinski definition) is 0. The number of fused-ring (bicyclic) bond motifs is 1. The standard InChI is InChI=1S/C28H30/c1-20(2)17-26-14-15-27-19-23(11-16-28(26)27)10-9-22-5-4-6-25(18-22)24-12-7-21(3)8-13-24/h4-8,11-13,16,18-19,26H,1,9-10,14-15,17H2,2-3H3. The number of hydrogen-bond acceptors (Lipinski definition) is 0. The highest BCUT2D eigenvalue weighted by atomic mass is 14.3. The van der Waals surface area contributed by atoms with Crippen molar-refractivity contribution in [3.8, 4) is 11.1 Å². The van der Waals surface area contributed by atoms with E-state index in [2.05, 4.69) is 87.2 Å². The molecule has 1 aliphatic rings. The molecule has 0 radical (unpaired) electrons. The molecule has 0 amide bonds. The van der Waals surface area contributed by atoms with E-state index in [1.54, 1.807) is 11.1 Å². The molecule has 0 fully saturated rings. The quantitative estimate of drug-likeness (QED) is 0.398. The average molecular weight is 367 g/mol. The van der Waals surface area contributed by atoms with Crippen molar-refractivity contribution in [1.29, 1.82) is 0 Å². The minimum absolute atomic E-state index is 0.688. The molecule has 0 heteroatoms. The molecule has 0 saturated heterocycles. The minimum atomic E-state index is 0.688. The summed E-state index contributed by atoms with van der Waals surface area (Å²) in [6, 6.07) is 25.0. The molecule has 1 aliphatic carbocycles. The molecule has 0 aromatic heterocycles. The fraction of sp³-hybridized carbons (Fsp3) is 0.286. The summed E-state index contributed by atoms with van der Waals surface area (Å²) in [6.45, 7) is 8.39. The molecule has 1 atom stereocenters. The second-order valence-corrected chi connectivity index (χ2v) is 8.50. The lowest BCUT2D eigenvalue weighted by Crippen LogP contribution is -1.96. The summed E-state index contributed by atoms with van der Waals surface area (Å²) in [6.07, 6.45) is 5.84. The van der Waals surface area contributed by atoms with Crippen molar-refractivity contribution in [3.05, 3.63) is 107 Å². The van der Waals surface area contributed by atoms with E-state index in [0.717, 1.165) is 19.3 Å². The number of aryl methyl sites for hydroxylation is 4. The maximum absolute atomic E-state index is 4.11. The second-order valence-electron chi connectivity index (χ2n) is 8.50. The number of allylic oxidation sites excluding steroid dienone is 1. The highest BCUT2D eigenvalue weighted by Crippen LogP contribution is 2.37. The van der Waals surface area contributed by atoms with Gasteiger partial charge in [-0.2, -0.15) is 0 Å². The Morgan fingerprint density at radius 1 is 0.893 bits per heavy atom. The van der Waals surface area contributed by atoms with Gasteiger partial charge in [-0.25, -0.2) is 0 Å². The Kier molecular flexibility index (Phi) is 5.48. The summed E-state index contributed by atoms with van der Waals surface area (Å²) in [4.78, 5) is 0. The highest BCUT2D eigenvalue weighted by Gasteiger charge is 2.22. The van der Waals surface area contributed by atoms with E-state index in [1.807, 2.05) is 0 Å². The maximum Gasteiger partial charge on any atom is -0.0119 e. The molecule has 142 valence electrons. The lowest BCUT2D eigenvalue weighted by atomic mass is 9.93. The summed E-state index contributed by atoms with van der Waals surface area (Å²) < 4.78 is 0. The first-order chi connectivity index (χ1) is 13.6. The normalized spacial score (nSPS) is 15.4. The molecular weight excluding hydrogens is 336 g/mol. The summed E-state index contributed by atoms with van der Waals surface area (Å²) in [5.41, 5.74) is 11.2. The van der Waals surface area contributed by atoms with Gasteiger partial charge in [-0.1, -0.05) is 77.9 Å². The third kappa shape index (κ3) is 4.28. The van der Waals surface area contributed by atoms with Crippen LogP contribution in [-0.2, 0) is 19.3 Å². The van der Waals surface area contributed by atoms with E-state index >= 15 is 0 Å². The summed E-state index contributed by atoms with van der Waals surface area (Å²) >= 11 is 0. The Morgan fingerprint density at radius 2 is 1.64 bits per heavy atom. The van der Waals surface area contributed by atoms with Crippen molar-refractivity contribution >= 4 is 0 Å². The van der Waals surface area contributed by atoms with Crippen LogP contribution in [0.15, 0.2) is 78.9 Å². The van der Waals surface area contributed by atoms with Crippen LogP contribution in [-0.4, -0.2) is 0 Å². The molecule has 28 heavy (non-hydrogen) atoms. The lowest BCUT2D eigenvalue weighted by Gasteiger charge is -2.12. The molecule has 0 spiro atoms. The summed E-state index contributed by atoms with van der Waals surface area (Å²) in [5.74, 6) is 0.688. The van der Waals surface area contributed by atoms with Gasteiger partial charge in [0.25, 0.3) is 0 Å². The molecule has 0 bridgehead atoms. The molecule has 0 saturated carbocycles. The van der Waals surface area contributed by atoms with Crippen LogP contribution < -0.4 is 0 Å². The van der Waals surface area contributed by atoms with Crippen LogP contribution in [0.5, 0.6) is 0 Å². The third-order valence-electron chi connectivity index (χ3n) is 6.02. The maximum atomic E-state index is 4.11. The Hall–Kier alpha value is -2.60. The van der Waals surface area contributed by atoms with Crippen molar-refractivity contribution in [3.63, 3.8) is 0 Å². The van der Waals surface area contributed by atoms with E-state index in [0.29, 0.717) is 5.92 Å². The first kappa shape index (κ1) is 18.7. The van der Waals surface area contributed by atoms with Gasteiger partial charge in [-0.05, 0) is 85.3 Å². The van der Waals surface area contributed by atoms with Crippen LogP contribution in [0, 0.1) is 6.92 Å². The van der Waals surface area contributed by atoms with Crippen LogP contribution in [0.2, 0.25) is 0 Å². The SMILES string of the molecule is C=C(C)CC1CCc2cc(CCc3cccc(-c4ccc(C)cc4)c3)ccc21. The van der Waals surface area contributed by atoms with Crippen molar-refractivity contribution in [2.45, 2.75) is 51.9 Å². The van der Waals surface area contributed by atoms with Gasteiger partial charge >= 0.3 is 0 Å².